The predicted octanol–water partition coefficient (Wildman–Crippen LogP) is 1.22. The van der Waals surface area contributed by atoms with Crippen molar-refractivity contribution in [3.63, 3.8) is 0 Å². The molecule has 2 N–H and O–H groups in total. The molecule has 2 aromatic rings. The first-order valence-electron chi connectivity index (χ1n) is 6.41. The number of imidazole rings is 1. The molecule has 0 amide bonds. The van der Waals surface area contributed by atoms with Crippen molar-refractivity contribution in [2.75, 3.05) is 13.1 Å². The van der Waals surface area contributed by atoms with Gasteiger partial charge in [0.15, 0.2) is 5.82 Å². The second-order valence-corrected chi connectivity index (χ2v) is 4.89. The number of nitrogens with zero attached hydrogens (tertiary/aromatic N) is 4. The molecular weight excluding hydrogens is 228 g/mol. The summed E-state index contributed by atoms with van der Waals surface area (Å²) in [6, 6.07) is 0. The summed E-state index contributed by atoms with van der Waals surface area (Å²) in [7, 11) is 0. The Morgan fingerprint density at radius 1 is 1.50 bits per heavy atom. The molecule has 3 rings (SSSR count). The van der Waals surface area contributed by atoms with Crippen LogP contribution >= 0.6 is 0 Å². The molecule has 1 atom stereocenters. The number of aromatic amines is 2. The van der Waals surface area contributed by atoms with Crippen LogP contribution in [0.25, 0.3) is 0 Å². The van der Waals surface area contributed by atoms with Crippen LogP contribution in [0.4, 0.5) is 0 Å². The van der Waals surface area contributed by atoms with Crippen molar-refractivity contribution >= 4 is 0 Å². The third kappa shape index (κ3) is 2.43. The summed E-state index contributed by atoms with van der Waals surface area (Å²) in [5.41, 5.74) is 0. The minimum absolute atomic E-state index is 0.443. The van der Waals surface area contributed by atoms with Crippen molar-refractivity contribution in [2.24, 2.45) is 0 Å². The number of piperidine rings is 1. The van der Waals surface area contributed by atoms with Gasteiger partial charge in [-0.2, -0.15) is 5.10 Å². The van der Waals surface area contributed by atoms with Crippen LogP contribution in [0.1, 0.15) is 36.2 Å². The summed E-state index contributed by atoms with van der Waals surface area (Å²) < 4.78 is 0. The van der Waals surface area contributed by atoms with E-state index in [-0.39, 0.29) is 0 Å². The average Bonchev–Trinajstić information content (AvgIpc) is 3.01. The zero-order valence-electron chi connectivity index (χ0n) is 10.6. The molecule has 6 heteroatoms. The minimum atomic E-state index is 0.443. The molecule has 1 unspecified atom stereocenters. The molecule has 18 heavy (non-hydrogen) atoms. The topological polar surface area (TPSA) is 73.5 Å². The van der Waals surface area contributed by atoms with Gasteiger partial charge in [-0.05, 0) is 26.3 Å². The molecule has 0 aliphatic carbocycles. The van der Waals surface area contributed by atoms with Crippen LogP contribution in [0.3, 0.4) is 0 Å². The van der Waals surface area contributed by atoms with E-state index in [0.29, 0.717) is 5.92 Å². The Kier molecular flexibility index (Phi) is 3.10. The number of likely N-dealkylation sites (tertiary alicyclic amines) is 1. The lowest BCUT2D eigenvalue weighted by atomic mass is 9.97. The van der Waals surface area contributed by atoms with E-state index in [0.717, 1.165) is 37.1 Å². The van der Waals surface area contributed by atoms with Gasteiger partial charge in [-0.25, -0.2) is 9.97 Å². The summed E-state index contributed by atoms with van der Waals surface area (Å²) in [6.07, 6.45) is 6.04. The first kappa shape index (κ1) is 11.4. The van der Waals surface area contributed by atoms with Crippen molar-refractivity contribution in [1.29, 1.82) is 0 Å². The van der Waals surface area contributed by atoms with Crippen LogP contribution in [-0.4, -0.2) is 43.1 Å². The molecule has 1 fully saturated rings. The van der Waals surface area contributed by atoms with Gasteiger partial charge >= 0.3 is 0 Å². The molecule has 6 nitrogen and oxygen atoms in total. The quantitative estimate of drug-likeness (QED) is 0.854. The third-order valence-electron chi connectivity index (χ3n) is 3.41. The molecule has 0 bridgehead atoms. The summed E-state index contributed by atoms with van der Waals surface area (Å²) in [5, 5.41) is 7.21. The maximum absolute atomic E-state index is 4.45. The minimum Gasteiger partial charge on any atom is -0.348 e. The predicted molar refractivity (Wildman–Crippen MR) is 67.0 cm³/mol. The Morgan fingerprint density at radius 3 is 3.17 bits per heavy atom. The molecule has 3 heterocycles. The fraction of sp³-hybridized carbons (Fsp3) is 0.583. The van der Waals surface area contributed by atoms with Gasteiger partial charge in [0.25, 0.3) is 0 Å². The Labute approximate surface area is 106 Å². The lowest BCUT2D eigenvalue weighted by molar-refractivity contribution is 0.193. The summed E-state index contributed by atoms with van der Waals surface area (Å²) >= 11 is 0. The molecule has 0 radical (unpaired) electrons. The SMILES string of the molecule is Cc1nc(C2CCCN(Cc3ncc[nH]3)C2)n[nH]1. The molecule has 1 aliphatic heterocycles. The zero-order chi connectivity index (χ0) is 12.4. The number of rotatable bonds is 3. The van der Waals surface area contributed by atoms with Crippen LogP contribution in [0.2, 0.25) is 0 Å². The van der Waals surface area contributed by atoms with Crippen molar-refractivity contribution < 1.29 is 0 Å². The van der Waals surface area contributed by atoms with E-state index in [1.54, 1.807) is 6.20 Å². The molecule has 96 valence electrons. The molecular formula is C12H18N6. The van der Waals surface area contributed by atoms with Crippen molar-refractivity contribution in [3.8, 4) is 0 Å². The lowest BCUT2D eigenvalue weighted by Gasteiger charge is -2.30. The van der Waals surface area contributed by atoms with Crippen molar-refractivity contribution in [1.82, 2.24) is 30.0 Å². The van der Waals surface area contributed by atoms with Crippen LogP contribution in [0.15, 0.2) is 12.4 Å². The largest absolute Gasteiger partial charge is 0.348 e. The maximum Gasteiger partial charge on any atom is 0.155 e. The van der Waals surface area contributed by atoms with E-state index in [1.807, 2.05) is 13.1 Å². The van der Waals surface area contributed by atoms with Crippen molar-refractivity contribution in [3.05, 3.63) is 29.9 Å². The molecule has 1 saturated heterocycles. The maximum atomic E-state index is 4.45. The van der Waals surface area contributed by atoms with Crippen molar-refractivity contribution in [2.45, 2.75) is 32.2 Å². The Bertz CT molecular complexity index is 488. The highest BCUT2D eigenvalue weighted by Crippen LogP contribution is 2.24. The van der Waals surface area contributed by atoms with Gasteiger partial charge in [0.1, 0.15) is 11.6 Å². The van der Waals surface area contributed by atoms with Gasteiger partial charge < -0.3 is 4.98 Å². The third-order valence-corrected chi connectivity index (χ3v) is 3.41. The molecule has 0 saturated carbocycles. The van der Waals surface area contributed by atoms with Gasteiger partial charge in [-0.3, -0.25) is 10.00 Å². The number of aromatic nitrogens is 5. The first-order chi connectivity index (χ1) is 8.81. The Balaban J connectivity index is 1.65. The molecule has 2 aromatic heterocycles. The van der Waals surface area contributed by atoms with Crippen LogP contribution in [-0.2, 0) is 6.54 Å². The summed E-state index contributed by atoms with van der Waals surface area (Å²) in [5.74, 6) is 3.32. The monoisotopic (exact) mass is 246 g/mol. The molecule has 0 spiro atoms. The van der Waals surface area contributed by atoms with Gasteiger partial charge in [0.05, 0.1) is 6.54 Å². The standard InChI is InChI=1S/C12H18N6/c1-9-15-12(17-16-9)10-3-2-6-18(7-10)8-11-13-4-5-14-11/h4-5,10H,2-3,6-8H2,1H3,(H,13,14)(H,15,16,17). The van der Waals surface area contributed by atoms with E-state index in [4.69, 9.17) is 0 Å². The lowest BCUT2D eigenvalue weighted by Crippen LogP contribution is -2.34. The van der Waals surface area contributed by atoms with Crippen LogP contribution in [0.5, 0.6) is 0 Å². The number of nitrogens with one attached hydrogen (secondary N) is 2. The number of H-pyrrole nitrogens is 2. The van der Waals surface area contributed by atoms with E-state index in [1.165, 1.54) is 12.8 Å². The van der Waals surface area contributed by atoms with Gasteiger partial charge in [-0.15, -0.1) is 0 Å². The fourth-order valence-corrected chi connectivity index (χ4v) is 2.55. The molecule has 0 aromatic carbocycles. The highest BCUT2D eigenvalue weighted by molar-refractivity contribution is 5.00. The summed E-state index contributed by atoms with van der Waals surface area (Å²) in [4.78, 5) is 14.3. The molecule has 1 aliphatic rings. The van der Waals surface area contributed by atoms with Crippen LogP contribution in [0, 0.1) is 6.92 Å². The fourth-order valence-electron chi connectivity index (χ4n) is 2.55. The van der Waals surface area contributed by atoms with E-state index < -0.39 is 0 Å². The number of aryl methyl sites for hydroxylation is 1. The van der Waals surface area contributed by atoms with E-state index in [9.17, 15) is 0 Å². The summed E-state index contributed by atoms with van der Waals surface area (Å²) in [6.45, 7) is 4.96. The van der Waals surface area contributed by atoms with E-state index >= 15 is 0 Å². The zero-order valence-corrected chi connectivity index (χ0v) is 10.6. The average molecular weight is 246 g/mol. The highest BCUT2D eigenvalue weighted by atomic mass is 15.2. The highest BCUT2D eigenvalue weighted by Gasteiger charge is 2.24. The Hall–Kier alpha value is -1.69. The van der Waals surface area contributed by atoms with Crippen LogP contribution < -0.4 is 0 Å². The smallest absolute Gasteiger partial charge is 0.155 e. The van der Waals surface area contributed by atoms with Gasteiger partial charge in [0.2, 0.25) is 0 Å². The number of hydrogen-bond acceptors (Lipinski definition) is 4. The Morgan fingerprint density at radius 2 is 2.44 bits per heavy atom. The van der Waals surface area contributed by atoms with E-state index in [2.05, 4.69) is 30.0 Å². The van der Waals surface area contributed by atoms with Gasteiger partial charge in [-0.1, -0.05) is 0 Å². The van der Waals surface area contributed by atoms with Gasteiger partial charge in [0, 0.05) is 24.9 Å². The second-order valence-electron chi connectivity index (χ2n) is 4.89. The normalized spacial score (nSPS) is 21.3. The first-order valence-corrected chi connectivity index (χ1v) is 6.41. The second kappa shape index (κ2) is 4.89. The number of hydrogen-bond donors (Lipinski definition) is 2.